The molecule has 3 heterocycles. The summed E-state index contributed by atoms with van der Waals surface area (Å²) in [5.41, 5.74) is 0.695. The Morgan fingerprint density at radius 2 is 1.62 bits per heavy atom. The molecule has 4 rings (SSSR count). The van der Waals surface area contributed by atoms with Gasteiger partial charge in [-0.2, -0.15) is 0 Å². The van der Waals surface area contributed by atoms with Crippen LogP contribution in [0.15, 0.2) is 30.3 Å². The van der Waals surface area contributed by atoms with E-state index in [0.29, 0.717) is 24.1 Å². The van der Waals surface area contributed by atoms with E-state index in [-0.39, 0.29) is 17.9 Å². The average Bonchev–Trinajstić information content (AvgIpc) is 2.85. The highest BCUT2D eigenvalue weighted by Crippen LogP contribution is 2.28. The van der Waals surface area contributed by atoms with Crippen molar-refractivity contribution in [3.05, 3.63) is 35.9 Å². The van der Waals surface area contributed by atoms with Crippen molar-refractivity contribution in [1.29, 1.82) is 0 Å². The minimum Gasteiger partial charge on any atom is -0.352 e. The molecule has 0 aliphatic carbocycles. The predicted molar refractivity (Wildman–Crippen MR) is 128 cm³/mol. The molecular formula is C26H40N4O2. The van der Waals surface area contributed by atoms with Crippen molar-refractivity contribution >= 4 is 11.8 Å². The molecule has 3 aliphatic rings. The quantitative estimate of drug-likeness (QED) is 0.739. The minimum absolute atomic E-state index is 0.0273. The molecule has 1 aromatic rings. The van der Waals surface area contributed by atoms with Crippen molar-refractivity contribution in [2.75, 3.05) is 46.3 Å². The summed E-state index contributed by atoms with van der Waals surface area (Å²) in [4.78, 5) is 33.0. The fraction of sp³-hybridized carbons (Fsp3) is 0.692. The summed E-state index contributed by atoms with van der Waals surface area (Å²) in [5, 5.41) is 3.04. The second kappa shape index (κ2) is 11.3. The molecule has 6 nitrogen and oxygen atoms in total. The maximum atomic E-state index is 13.4. The van der Waals surface area contributed by atoms with E-state index >= 15 is 0 Å². The van der Waals surface area contributed by atoms with Gasteiger partial charge in [-0.1, -0.05) is 18.2 Å². The lowest BCUT2D eigenvalue weighted by Crippen LogP contribution is -2.51. The Kier molecular flexibility index (Phi) is 8.20. The lowest BCUT2D eigenvalue weighted by atomic mass is 9.90. The van der Waals surface area contributed by atoms with Gasteiger partial charge >= 0.3 is 0 Å². The summed E-state index contributed by atoms with van der Waals surface area (Å²) in [5.74, 6) is 0.518. The van der Waals surface area contributed by atoms with Gasteiger partial charge in [0.15, 0.2) is 0 Å². The molecule has 0 saturated carbocycles. The zero-order chi connectivity index (χ0) is 22.3. The molecule has 1 aromatic carbocycles. The third kappa shape index (κ3) is 5.90. The van der Waals surface area contributed by atoms with Gasteiger partial charge in [0.25, 0.3) is 5.91 Å². The Hall–Kier alpha value is -1.92. The lowest BCUT2D eigenvalue weighted by Gasteiger charge is -2.43. The Morgan fingerprint density at radius 3 is 2.34 bits per heavy atom. The zero-order valence-electron chi connectivity index (χ0n) is 19.7. The van der Waals surface area contributed by atoms with Crippen LogP contribution in [0, 0.1) is 5.92 Å². The number of amides is 2. The van der Waals surface area contributed by atoms with Crippen LogP contribution in [0.25, 0.3) is 0 Å². The second-order valence-corrected chi connectivity index (χ2v) is 9.94. The molecule has 2 amide bonds. The number of hydrogen-bond acceptors (Lipinski definition) is 4. The number of nitrogens with zero attached hydrogens (tertiary/aromatic N) is 3. The number of piperidine rings is 3. The van der Waals surface area contributed by atoms with Crippen LogP contribution in [0.4, 0.5) is 0 Å². The Balaban J connectivity index is 1.24. The summed E-state index contributed by atoms with van der Waals surface area (Å²) >= 11 is 0. The lowest BCUT2D eigenvalue weighted by molar-refractivity contribution is -0.141. The van der Waals surface area contributed by atoms with E-state index in [1.54, 1.807) is 0 Å². The van der Waals surface area contributed by atoms with Crippen molar-refractivity contribution in [2.24, 2.45) is 5.92 Å². The first-order chi connectivity index (χ1) is 15.6. The third-order valence-electron chi connectivity index (χ3n) is 7.79. The first kappa shape index (κ1) is 23.2. The molecule has 0 radical (unpaired) electrons. The van der Waals surface area contributed by atoms with Crippen LogP contribution in [-0.2, 0) is 4.79 Å². The van der Waals surface area contributed by atoms with Crippen molar-refractivity contribution in [2.45, 2.75) is 63.5 Å². The van der Waals surface area contributed by atoms with E-state index in [0.717, 1.165) is 51.7 Å². The summed E-state index contributed by atoms with van der Waals surface area (Å²) in [7, 11) is 2.21. The van der Waals surface area contributed by atoms with Crippen LogP contribution >= 0.6 is 0 Å². The van der Waals surface area contributed by atoms with Gasteiger partial charge in [-0.15, -0.1) is 0 Å². The number of nitrogens with one attached hydrogen (secondary N) is 1. The fourth-order valence-electron chi connectivity index (χ4n) is 5.74. The van der Waals surface area contributed by atoms with Gasteiger partial charge < -0.3 is 20.0 Å². The van der Waals surface area contributed by atoms with Crippen molar-refractivity contribution < 1.29 is 9.59 Å². The molecule has 3 saturated heterocycles. The summed E-state index contributed by atoms with van der Waals surface area (Å²) in [6.45, 7) is 6.02. The van der Waals surface area contributed by atoms with Gasteiger partial charge in [-0.05, 0) is 96.7 Å². The topological polar surface area (TPSA) is 55.9 Å². The number of carbonyl (C=O) groups excluding carboxylic acids is 2. The van der Waals surface area contributed by atoms with Gasteiger partial charge in [-0.25, -0.2) is 0 Å². The van der Waals surface area contributed by atoms with Gasteiger partial charge in [0, 0.05) is 36.7 Å². The highest BCUT2D eigenvalue weighted by molar-refractivity contribution is 5.94. The van der Waals surface area contributed by atoms with Gasteiger partial charge in [0.05, 0.1) is 0 Å². The smallest absolute Gasteiger partial charge is 0.251 e. The molecule has 0 spiro atoms. The number of carbonyl (C=O) groups is 2. The first-order valence-electron chi connectivity index (χ1n) is 12.7. The normalized spacial score (nSPS) is 24.4. The van der Waals surface area contributed by atoms with E-state index in [9.17, 15) is 9.59 Å². The number of likely N-dealkylation sites (tertiary alicyclic amines) is 3. The maximum Gasteiger partial charge on any atom is 0.251 e. The Morgan fingerprint density at radius 1 is 0.906 bits per heavy atom. The summed E-state index contributed by atoms with van der Waals surface area (Å²) in [6.07, 6.45) is 8.71. The van der Waals surface area contributed by atoms with Crippen molar-refractivity contribution in [3.63, 3.8) is 0 Å². The monoisotopic (exact) mass is 440 g/mol. The first-order valence-corrected chi connectivity index (χ1v) is 12.7. The summed E-state index contributed by atoms with van der Waals surface area (Å²) < 4.78 is 0. The van der Waals surface area contributed by atoms with Gasteiger partial charge in [0.2, 0.25) is 5.91 Å². The van der Waals surface area contributed by atoms with Crippen LogP contribution in [0.1, 0.15) is 61.7 Å². The predicted octanol–water partition coefficient (Wildman–Crippen LogP) is 2.99. The Bertz CT molecular complexity index is 739. The number of hydrogen-bond donors (Lipinski definition) is 1. The van der Waals surface area contributed by atoms with Gasteiger partial charge in [-0.3, -0.25) is 9.59 Å². The number of rotatable bonds is 6. The van der Waals surface area contributed by atoms with E-state index in [1.807, 2.05) is 30.3 Å². The van der Waals surface area contributed by atoms with E-state index in [4.69, 9.17) is 0 Å². The minimum atomic E-state index is -0.0273. The zero-order valence-corrected chi connectivity index (χ0v) is 19.7. The van der Waals surface area contributed by atoms with Crippen LogP contribution in [0.5, 0.6) is 0 Å². The molecule has 1 atom stereocenters. The summed E-state index contributed by atoms with van der Waals surface area (Å²) in [6, 6.07) is 10.3. The van der Waals surface area contributed by atoms with Gasteiger partial charge in [0.1, 0.15) is 0 Å². The average molecular weight is 441 g/mol. The largest absolute Gasteiger partial charge is 0.352 e. The number of benzene rings is 1. The molecule has 1 N–H and O–H groups in total. The standard InChI is InChI=1S/C26H40N4O2/c1-28-17-13-23(14-18-28)29-19-11-22(12-20-29)26(32)30-16-6-5-9-24(30)10-15-27-25(31)21-7-3-2-4-8-21/h2-4,7-8,22-24H,5-6,9-20H2,1H3,(H,27,31)/t24-/m1/s1. The SMILES string of the molecule is CN1CCC(N2CCC(C(=O)N3CCCC[C@@H]3CCNC(=O)c3ccccc3)CC2)CC1. The molecule has 176 valence electrons. The second-order valence-electron chi connectivity index (χ2n) is 9.94. The van der Waals surface area contributed by atoms with Crippen molar-refractivity contribution in [1.82, 2.24) is 20.0 Å². The molecular weight excluding hydrogens is 400 g/mol. The highest BCUT2D eigenvalue weighted by atomic mass is 16.2. The maximum absolute atomic E-state index is 13.4. The fourth-order valence-corrected chi connectivity index (χ4v) is 5.74. The van der Waals surface area contributed by atoms with E-state index < -0.39 is 0 Å². The van der Waals surface area contributed by atoms with E-state index in [2.05, 4.69) is 27.1 Å². The molecule has 0 bridgehead atoms. The molecule has 3 fully saturated rings. The molecule has 0 aromatic heterocycles. The Labute approximate surface area is 193 Å². The molecule has 32 heavy (non-hydrogen) atoms. The molecule has 6 heteroatoms. The van der Waals surface area contributed by atoms with Crippen LogP contribution in [0.3, 0.4) is 0 Å². The molecule has 0 unspecified atom stereocenters. The van der Waals surface area contributed by atoms with Crippen LogP contribution in [-0.4, -0.2) is 84.9 Å². The molecule has 3 aliphatic heterocycles. The highest BCUT2D eigenvalue weighted by Gasteiger charge is 2.35. The van der Waals surface area contributed by atoms with Crippen LogP contribution < -0.4 is 5.32 Å². The van der Waals surface area contributed by atoms with Crippen LogP contribution in [0.2, 0.25) is 0 Å². The van der Waals surface area contributed by atoms with Crippen molar-refractivity contribution in [3.8, 4) is 0 Å². The van der Waals surface area contributed by atoms with E-state index in [1.165, 1.54) is 32.4 Å². The third-order valence-corrected chi connectivity index (χ3v) is 7.79.